The number of pyridine rings is 1. The maximum Gasteiger partial charge on any atom is 0.434 e. The van der Waals surface area contributed by atoms with Gasteiger partial charge in [-0.2, -0.15) is 13.2 Å². The van der Waals surface area contributed by atoms with Crippen LogP contribution in [-0.4, -0.2) is 39.6 Å². The van der Waals surface area contributed by atoms with E-state index in [1.165, 1.54) is 12.1 Å². The topological polar surface area (TPSA) is 59.0 Å². The van der Waals surface area contributed by atoms with Crippen molar-refractivity contribution in [2.75, 3.05) is 13.1 Å². The van der Waals surface area contributed by atoms with Crippen molar-refractivity contribution in [2.45, 2.75) is 24.9 Å². The average molecular weight is 342 g/mol. The molecule has 1 amide bonds. The molecule has 9 heteroatoms. The van der Waals surface area contributed by atoms with E-state index in [1.807, 2.05) is 0 Å². The maximum atomic E-state index is 13.0. The molecule has 23 heavy (non-hydrogen) atoms. The molecule has 0 bridgehead atoms. The number of aromatic nitrogens is 3. The minimum atomic E-state index is -4.54. The number of hydrogen-bond acceptors (Lipinski definition) is 5. The highest BCUT2D eigenvalue weighted by Gasteiger charge is 2.36. The summed E-state index contributed by atoms with van der Waals surface area (Å²) in [7, 11) is 0. The highest BCUT2D eigenvalue weighted by molar-refractivity contribution is 7.14. The van der Waals surface area contributed by atoms with Crippen LogP contribution in [0, 0.1) is 0 Å². The van der Waals surface area contributed by atoms with Crippen LogP contribution in [0.3, 0.4) is 0 Å². The molecule has 0 spiro atoms. The molecule has 0 N–H and O–H groups in total. The van der Waals surface area contributed by atoms with E-state index in [1.54, 1.807) is 4.90 Å². The lowest BCUT2D eigenvalue weighted by molar-refractivity contribution is -0.140. The number of piperidine rings is 1. The van der Waals surface area contributed by atoms with Crippen LogP contribution in [-0.2, 0) is 11.0 Å². The zero-order valence-corrected chi connectivity index (χ0v) is 12.8. The van der Waals surface area contributed by atoms with Crippen molar-refractivity contribution in [3.8, 4) is 10.6 Å². The van der Waals surface area contributed by atoms with E-state index in [4.69, 9.17) is 0 Å². The van der Waals surface area contributed by atoms with Crippen LogP contribution in [0.2, 0.25) is 0 Å². The zero-order valence-electron chi connectivity index (χ0n) is 12.0. The van der Waals surface area contributed by atoms with E-state index in [2.05, 4.69) is 15.2 Å². The second-order valence-electron chi connectivity index (χ2n) is 5.28. The van der Waals surface area contributed by atoms with Crippen molar-refractivity contribution >= 4 is 17.7 Å². The average Bonchev–Trinajstić information content (AvgIpc) is 3.04. The van der Waals surface area contributed by atoms with Crippen LogP contribution >= 0.6 is 11.3 Å². The van der Waals surface area contributed by atoms with Crippen molar-refractivity contribution in [1.29, 1.82) is 0 Å². The normalized spacial score (nSPS) is 18.9. The standard InChI is InChI=1S/C14H13F3N4OS/c15-14(16,17)11-10(4-1-5-18-11)13-20-19-12(23-13)9-3-2-6-21(7-9)8-22/h1,4-5,8-9H,2-3,6-7H2. The van der Waals surface area contributed by atoms with E-state index in [0.29, 0.717) is 18.1 Å². The second-order valence-corrected chi connectivity index (χ2v) is 6.29. The molecule has 1 saturated heterocycles. The summed E-state index contributed by atoms with van der Waals surface area (Å²) >= 11 is 1.13. The van der Waals surface area contributed by atoms with E-state index in [-0.39, 0.29) is 16.5 Å². The number of rotatable bonds is 3. The third-order valence-corrected chi connectivity index (χ3v) is 4.82. The van der Waals surface area contributed by atoms with Crippen molar-refractivity contribution < 1.29 is 18.0 Å². The largest absolute Gasteiger partial charge is 0.434 e. The van der Waals surface area contributed by atoms with Gasteiger partial charge >= 0.3 is 6.18 Å². The van der Waals surface area contributed by atoms with Crippen LogP contribution in [0.1, 0.15) is 29.5 Å². The monoisotopic (exact) mass is 342 g/mol. The number of carbonyl (C=O) groups excluding carboxylic acids is 1. The second kappa shape index (κ2) is 6.23. The summed E-state index contributed by atoms with van der Waals surface area (Å²) < 4.78 is 39.1. The van der Waals surface area contributed by atoms with Gasteiger partial charge < -0.3 is 4.90 Å². The molecule has 122 valence electrons. The quantitative estimate of drug-likeness (QED) is 0.805. The molecule has 0 aromatic carbocycles. The van der Waals surface area contributed by atoms with E-state index < -0.39 is 11.9 Å². The van der Waals surface area contributed by atoms with Crippen molar-refractivity contribution in [1.82, 2.24) is 20.1 Å². The molecule has 1 aliphatic rings. The fourth-order valence-electron chi connectivity index (χ4n) is 2.62. The number of carbonyl (C=O) groups is 1. The minimum Gasteiger partial charge on any atom is -0.345 e. The Kier molecular flexibility index (Phi) is 4.29. The zero-order chi connectivity index (χ0) is 16.4. The third-order valence-electron chi connectivity index (χ3n) is 3.70. The lowest BCUT2D eigenvalue weighted by atomic mass is 9.99. The molecule has 1 fully saturated rings. The lowest BCUT2D eigenvalue weighted by Crippen LogP contribution is -2.33. The third kappa shape index (κ3) is 3.34. The molecule has 1 aliphatic heterocycles. The van der Waals surface area contributed by atoms with E-state index in [0.717, 1.165) is 36.8 Å². The number of likely N-dealkylation sites (tertiary alicyclic amines) is 1. The van der Waals surface area contributed by atoms with Gasteiger partial charge in [0.25, 0.3) is 0 Å². The summed E-state index contributed by atoms with van der Waals surface area (Å²) in [4.78, 5) is 16.0. The highest BCUT2D eigenvalue weighted by Crippen LogP contribution is 2.38. The van der Waals surface area contributed by atoms with Crippen LogP contribution < -0.4 is 0 Å². The first-order chi connectivity index (χ1) is 11.0. The number of hydrogen-bond donors (Lipinski definition) is 0. The Morgan fingerprint density at radius 2 is 2.17 bits per heavy atom. The molecule has 1 atom stereocenters. The first kappa shape index (κ1) is 15.9. The maximum absolute atomic E-state index is 13.0. The Balaban J connectivity index is 1.90. The molecule has 0 radical (unpaired) electrons. The van der Waals surface area contributed by atoms with Gasteiger partial charge in [0, 0.05) is 30.8 Å². The molecule has 2 aromatic heterocycles. The minimum absolute atomic E-state index is 0.0196. The molecule has 1 unspecified atom stereocenters. The van der Waals surface area contributed by atoms with Crippen molar-refractivity contribution in [2.24, 2.45) is 0 Å². The molecule has 5 nitrogen and oxygen atoms in total. The molecule has 0 aliphatic carbocycles. The molecule has 3 rings (SSSR count). The van der Waals surface area contributed by atoms with Crippen molar-refractivity contribution in [3.63, 3.8) is 0 Å². The number of amides is 1. The highest BCUT2D eigenvalue weighted by atomic mass is 32.1. The fraction of sp³-hybridized carbons (Fsp3) is 0.429. The SMILES string of the molecule is O=CN1CCCC(c2nnc(-c3cccnc3C(F)(F)F)s2)C1. The Morgan fingerprint density at radius 3 is 2.91 bits per heavy atom. The Labute approximate surface area is 134 Å². The first-order valence-electron chi connectivity index (χ1n) is 7.04. The molecule has 0 saturated carbocycles. The molecule has 2 aromatic rings. The van der Waals surface area contributed by atoms with Gasteiger partial charge in [-0.1, -0.05) is 11.3 Å². The van der Waals surface area contributed by atoms with Crippen molar-refractivity contribution in [3.05, 3.63) is 29.0 Å². The van der Waals surface area contributed by atoms with Gasteiger partial charge in [-0.3, -0.25) is 9.78 Å². The molecule has 3 heterocycles. The van der Waals surface area contributed by atoms with Gasteiger partial charge in [0.1, 0.15) is 10.0 Å². The van der Waals surface area contributed by atoms with Crippen LogP contribution in [0.4, 0.5) is 13.2 Å². The summed E-state index contributed by atoms with van der Waals surface area (Å²) in [6.07, 6.45) is -0.951. The summed E-state index contributed by atoms with van der Waals surface area (Å²) in [5.74, 6) is 0.0196. The van der Waals surface area contributed by atoms with Crippen LogP contribution in [0.5, 0.6) is 0 Å². The Hall–Kier alpha value is -2.03. The fourth-order valence-corrected chi connectivity index (χ4v) is 3.61. The van der Waals surface area contributed by atoms with Crippen LogP contribution in [0.25, 0.3) is 10.6 Å². The summed E-state index contributed by atoms with van der Waals surface area (Å²) in [5.41, 5.74) is -1.02. The summed E-state index contributed by atoms with van der Waals surface area (Å²) in [6.45, 7) is 1.23. The predicted molar refractivity (Wildman–Crippen MR) is 77.8 cm³/mol. The molecular formula is C14H13F3N4OS. The summed E-state index contributed by atoms with van der Waals surface area (Å²) in [5, 5.41) is 8.80. The predicted octanol–water partition coefficient (Wildman–Crippen LogP) is 2.95. The summed E-state index contributed by atoms with van der Waals surface area (Å²) in [6, 6.07) is 2.79. The van der Waals surface area contributed by atoms with Gasteiger partial charge in [-0.05, 0) is 25.0 Å². The number of nitrogens with zero attached hydrogens (tertiary/aromatic N) is 4. The van der Waals surface area contributed by atoms with E-state index >= 15 is 0 Å². The van der Waals surface area contributed by atoms with Gasteiger partial charge in [-0.25, -0.2) is 0 Å². The van der Waals surface area contributed by atoms with Gasteiger partial charge in [0.2, 0.25) is 6.41 Å². The smallest absolute Gasteiger partial charge is 0.345 e. The van der Waals surface area contributed by atoms with Gasteiger partial charge in [0.15, 0.2) is 5.69 Å². The van der Waals surface area contributed by atoms with Crippen LogP contribution in [0.15, 0.2) is 18.3 Å². The van der Waals surface area contributed by atoms with Gasteiger partial charge in [0.05, 0.1) is 0 Å². The Morgan fingerprint density at radius 1 is 1.35 bits per heavy atom. The molecular weight excluding hydrogens is 329 g/mol. The first-order valence-corrected chi connectivity index (χ1v) is 7.86. The lowest BCUT2D eigenvalue weighted by Gasteiger charge is -2.28. The number of halogens is 3. The van der Waals surface area contributed by atoms with E-state index in [9.17, 15) is 18.0 Å². The Bertz CT molecular complexity index is 703. The number of alkyl halides is 3. The van der Waals surface area contributed by atoms with Gasteiger partial charge in [-0.15, -0.1) is 10.2 Å².